The van der Waals surface area contributed by atoms with E-state index >= 15 is 0 Å². The largest absolute Gasteiger partial charge is 0.271 e. The van der Waals surface area contributed by atoms with E-state index in [9.17, 15) is 8.42 Å². The molecule has 4 heteroatoms. The molecule has 0 bridgehead atoms. The van der Waals surface area contributed by atoms with Crippen molar-refractivity contribution in [2.24, 2.45) is 0 Å². The maximum absolute atomic E-state index is 11.5. The van der Waals surface area contributed by atoms with Crippen LogP contribution in [0.2, 0.25) is 0 Å². The van der Waals surface area contributed by atoms with Crippen molar-refractivity contribution in [1.82, 2.24) is 0 Å². The van der Waals surface area contributed by atoms with Crippen LogP contribution in [0.5, 0.6) is 0 Å². The lowest BCUT2D eigenvalue weighted by Gasteiger charge is -2.20. The van der Waals surface area contributed by atoms with Gasteiger partial charge in [0.05, 0.1) is 11.9 Å². The predicted molar refractivity (Wildman–Crippen MR) is 68.3 cm³/mol. The molecule has 0 saturated carbocycles. The zero-order chi connectivity index (χ0) is 12.2. The highest BCUT2D eigenvalue weighted by atomic mass is 32.2. The van der Waals surface area contributed by atoms with Gasteiger partial charge >= 0.3 is 0 Å². The van der Waals surface area contributed by atoms with Crippen molar-refractivity contribution in [2.75, 3.05) is 17.1 Å². The van der Waals surface area contributed by atoms with Gasteiger partial charge in [-0.05, 0) is 31.0 Å². The van der Waals surface area contributed by atoms with Crippen LogP contribution in [0.1, 0.15) is 25.8 Å². The molecule has 0 aliphatic heterocycles. The maximum Gasteiger partial charge on any atom is 0.232 e. The predicted octanol–water partition coefficient (Wildman–Crippen LogP) is 2.43. The number of hydrogen-bond acceptors (Lipinski definition) is 2. The number of anilines is 1. The summed E-state index contributed by atoms with van der Waals surface area (Å²) in [5, 5.41) is 0. The van der Waals surface area contributed by atoms with E-state index in [1.807, 2.05) is 31.2 Å². The Morgan fingerprint density at radius 3 is 2.06 bits per heavy atom. The van der Waals surface area contributed by atoms with Crippen LogP contribution in [-0.2, 0) is 16.4 Å². The molecule has 90 valence electrons. The highest BCUT2D eigenvalue weighted by Crippen LogP contribution is 2.18. The standard InChI is InChI=1S/C12H19NO2S/c1-4-6-11-7-9-12(10-8-11)13(5-2)16(3,14)15/h7-10H,4-6H2,1-3H3. The van der Waals surface area contributed by atoms with Gasteiger partial charge < -0.3 is 0 Å². The van der Waals surface area contributed by atoms with E-state index in [1.54, 1.807) is 0 Å². The Morgan fingerprint density at radius 2 is 1.69 bits per heavy atom. The fourth-order valence-electron chi connectivity index (χ4n) is 1.73. The molecule has 0 unspecified atom stereocenters. The molecule has 1 aromatic carbocycles. The fourth-order valence-corrected chi connectivity index (χ4v) is 2.70. The molecule has 0 radical (unpaired) electrons. The van der Waals surface area contributed by atoms with Crippen molar-refractivity contribution in [3.8, 4) is 0 Å². The Balaban J connectivity index is 2.96. The van der Waals surface area contributed by atoms with Gasteiger partial charge in [0, 0.05) is 6.54 Å². The summed E-state index contributed by atoms with van der Waals surface area (Å²) in [7, 11) is -3.16. The third-order valence-corrected chi connectivity index (χ3v) is 3.72. The van der Waals surface area contributed by atoms with Crippen molar-refractivity contribution < 1.29 is 8.42 Å². The minimum atomic E-state index is -3.16. The molecule has 16 heavy (non-hydrogen) atoms. The molecule has 3 nitrogen and oxygen atoms in total. The van der Waals surface area contributed by atoms with Crippen molar-refractivity contribution in [1.29, 1.82) is 0 Å². The second-order valence-electron chi connectivity index (χ2n) is 3.84. The first-order valence-electron chi connectivity index (χ1n) is 5.55. The normalized spacial score (nSPS) is 11.4. The lowest BCUT2D eigenvalue weighted by Crippen LogP contribution is -2.29. The van der Waals surface area contributed by atoms with Crippen molar-refractivity contribution in [2.45, 2.75) is 26.7 Å². The van der Waals surface area contributed by atoms with Gasteiger partial charge in [0.25, 0.3) is 0 Å². The van der Waals surface area contributed by atoms with Gasteiger partial charge in [0.2, 0.25) is 10.0 Å². The Morgan fingerprint density at radius 1 is 1.12 bits per heavy atom. The van der Waals surface area contributed by atoms with E-state index in [2.05, 4.69) is 6.92 Å². The number of sulfonamides is 1. The summed E-state index contributed by atoms with van der Waals surface area (Å²) in [6.45, 7) is 4.43. The Labute approximate surface area is 98.1 Å². The van der Waals surface area contributed by atoms with E-state index in [-0.39, 0.29) is 0 Å². The summed E-state index contributed by atoms with van der Waals surface area (Å²) >= 11 is 0. The summed E-state index contributed by atoms with van der Waals surface area (Å²) in [6.07, 6.45) is 3.37. The molecule has 0 saturated heterocycles. The molecular weight excluding hydrogens is 222 g/mol. The van der Waals surface area contributed by atoms with Crippen LogP contribution in [-0.4, -0.2) is 21.2 Å². The van der Waals surface area contributed by atoms with E-state index in [0.29, 0.717) is 6.54 Å². The number of benzene rings is 1. The summed E-state index contributed by atoms with van der Waals surface area (Å²) < 4.78 is 24.4. The van der Waals surface area contributed by atoms with Crippen LogP contribution in [0.15, 0.2) is 24.3 Å². The van der Waals surface area contributed by atoms with Crippen molar-refractivity contribution in [3.63, 3.8) is 0 Å². The summed E-state index contributed by atoms with van der Waals surface area (Å²) in [5.41, 5.74) is 1.99. The van der Waals surface area contributed by atoms with Crippen LogP contribution in [0.25, 0.3) is 0 Å². The molecule has 0 amide bonds. The molecule has 1 rings (SSSR count). The minimum absolute atomic E-state index is 0.464. The highest BCUT2D eigenvalue weighted by Gasteiger charge is 2.14. The van der Waals surface area contributed by atoms with Gasteiger partial charge in [-0.1, -0.05) is 25.5 Å². The zero-order valence-electron chi connectivity index (χ0n) is 10.1. The monoisotopic (exact) mass is 241 g/mol. The lowest BCUT2D eigenvalue weighted by atomic mass is 10.1. The molecule has 1 aromatic rings. The van der Waals surface area contributed by atoms with Crippen molar-refractivity contribution in [3.05, 3.63) is 29.8 Å². The van der Waals surface area contributed by atoms with Gasteiger partial charge in [-0.25, -0.2) is 8.42 Å². The molecule has 0 fully saturated rings. The van der Waals surface area contributed by atoms with Gasteiger partial charge in [-0.3, -0.25) is 4.31 Å². The van der Waals surface area contributed by atoms with Gasteiger partial charge in [0.1, 0.15) is 0 Å². The average Bonchev–Trinajstić information content (AvgIpc) is 2.20. The molecule has 0 aromatic heterocycles. The van der Waals surface area contributed by atoms with E-state index in [4.69, 9.17) is 0 Å². The molecule has 0 atom stereocenters. The molecule has 0 aliphatic carbocycles. The van der Waals surface area contributed by atoms with Crippen LogP contribution in [0.4, 0.5) is 5.69 Å². The second-order valence-corrected chi connectivity index (χ2v) is 5.75. The summed E-state index contributed by atoms with van der Waals surface area (Å²) in [5.74, 6) is 0. The Bertz CT molecular complexity index is 423. The van der Waals surface area contributed by atoms with Gasteiger partial charge in [-0.2, -0.15) is 0 Å². The topological polar surface area (TPSA) is 37.4 Å². The summed E-state index contributed by atoms with van der Waals surface area (Å²) in [6, 6.07) is 7.73. The average molecular weight is 241 g/mol. The molecule has 0 heterocycles. The molecule has 0 spiro atoms. The first-order chi connectivity index (χ1) is 7.49. The first kappa shape index (κ1) is 13.0. The van der Waals surface area contributed by atoms with E-state index in [1.165, 1.54) is 16.1 Å². The number of hydrogen-bond donors (Lipinski definition) is 0. The van der Waals surface area contributed by atoms with Crippen LogP contribution in [0, 0.1) is 0 Å². The number of nitrogens with zero attached hydrogens (tertiary/aromatic N) is 1. The van der Waals surface area contributed by atoms with Crippen LogP contribution in [0.3, 0.4) is 0 Å². The fraction of sp³-hybridized carbons (Fsp3) is 0.500. The molecular formula is C12H19NO2S. The first-order valence-corrected chi connectivity index (χ1v) is 7.40. The minimum Gasteiger partial charge on any atom is -0.271 e. The van der Waals surface area contributed by atoms with Crippen LogP contribution >= 0.6 is 0 Å². The van der Waals surface area contributed by atoms with Gasteiger partial charge in [0.15, 0.2) is 0 Å². The third-order valence-electron chi connectivity index (χ3n) is 2.45. The maximum atomic E-state index is 11.5. The number of rotatable bonds is 5. The highest BCUT2D eigenvalue weighted by molar-refractivity contribution is 7.92. The number of aryl methyl sites for hydroxylation is 1. The van der Waals surface area contributed by atoms with Crippen LogP contribution < -0.4 is 4.31 Å². The van der Waals surface area contributed by atoms with E-state index < -0.39 is 10.0 Å². The van der Waals surface area contributed by atoms with Gasteiger partial charge in [-0.15, -0.1) is 0 Å². The zero-order valence-corrected chi connectivity index (χ0v) is 10.9. The SMILES string of the molecule is CCCc1ccc(N(CC)S(C)(=O)=O)cc1. The lowest BCUT2D eigenvalue weighted by molar-refractivity contribution is 0.598. The smallest absolute Gasteiger partial charge is 0.232 e. The van der Waals surface area contributed by atoms with E-state index in [0.717, 1.165) is 18.5 Å². The van der Waals surface area contributed by atoms with Crippen molar-refractivity contribution >= 4 is 15.7 Å². The molecule has 0 aliphatic rings. The summed E-state index contributed by atoms with van der Waals surface area (Å²) in [4.78, 5) is 0. The molecule has 0 N–H and O–H groups in total. The Kier molecular flexibility index (Phi) is 4.35. The quantitative estimate of drug-likeness (QED) is 0.794. The second kappa shape index (κ2) is 5.34. The Hall–Kier alpha value is -1.03. The third kappa shape index (κ3) is 3.23.